The molecule has 0 saturated carbocycles. The van der Waals surface area contributed by atoms with Crippen molar-refractivity contribution in [1.29, 1.82) is 0 Å². The molecule has 2 aromatic carbocycles. The summed E-state index contributed by atoms with van der Waals surface area (Å²) in [5, 5.41) is 12.7. The predicted molar refractivity (Wildman–Crippen MR) is 114 cm³/mol. The van der Waals surface area contributed by atoms with Crippen LogP contribution in [0.2, 0.25) is 0 Å². The van der Waals surface area contributed by atoms with Crippen LogP contribution in [0.5, 0.6) is 0 Å². The number of nitrogens with two attached hydrogens (primary N) is 2. The fraction of sp³-hybridized carbons (Fsp3) is 0.318. The molecule has 1 amide bonds. The molecule has 0 unspecified atom stereocenters. The van der Waals surface area contributed by atoms with E-state index in [9.17, 15) is 14.7 Å². The van der Waals surface area contributed by atoms with Gasteiger partial charge in [0.1, 0.15) is 18.8 Å². The highest BCUT2D eigenvalue weighted by molar-refractivity contribution is 5.87. The van der Waals surface area contributed by atoms with Crippen molar-refractivity contribution in [2.75, 3.05) is 6.54 Å². The second kappa shape index (κ2) is 12.2. The third-order valence-electron chi connectivity index (χ3n) is 4.34. The zero-order chi connectivity index (χ0) is 21.8. The molecule has 8 heteroatoms. The Morgan fingerprint density at radius 2 is 1.60 bits per heavy atom. The molecule has 0 heterocycles. The van der Waals surface area contributed by atoms with Gasteiger partial charge < -0.3 is 26.6 Å². The van der Waals surface area contributed by atoms with Gasteiger partial charge in [0.2, 0.25) is 5.91 Å². The van der Waals surface area contributed by atoms with Crippen LogP contribution in [0.3, 0.4) is 0 Å². The van der Waals surface area contributed by atoms with Gasteiger partial charge in [0.25, 0.3) is 0 Å². The molecule has 0 saturated heterocycles. The van der Waals surface area contributed by atoms with Gasteiger partial charge in [-0.15, -0.1) is 0 Å². The first-order valence-corrected chi connectivity index (χ1v) is 9.74. The standard InChI is InChI=1S/C22H28N4O4/c23-22(24)25-13-7-12-19(27)20(28)26-18(14-16-8-3-1-4-9-16)21(29)30-15-17-10-5-2-6-11-17/h1-6,8-11,18-19,27H,7,12-15H2,(H,26,28)(H4,23,24,25)/t18-,19-/m0/s1. The van der Waals surface area contributed by atoms with E-state index in [0.717, 1.165) is 11.1 Å². The smallest absolute Gasteiger partial charge is 0.329 e. The Balaban J connectivity index is 1.96. The molecule has 0 fully saturated rings. The lowest BCUT2D eigenvalue weighted by atomic mass is 10.1. The van der Waals surface area contributed by atoms with E-state index in [1.807, 2.05) is 60.7 Å². The largest absolute Gasteiger partial charge is 0.459 e. The number of carbonyl (C=O) groups is 2. The molecule has 0 radical (unpaired) electrons. The van der Waals surface area contributed by atoms with E-state index in [4.69, 9.17) is 16.2 Å². The minimum Gasteiger partial charge on any atom is -0.459 e. The van der Waals surface area contributed by atoms with Crippen molar-refractivity contribution in [2.45, 2.75) is 38.0 Å². The molecule has 0 aliphatic carbocycles. The lowest BCUT2D eigenvalue weighted by Gasteiger charge is -2.20. The van der Waals surface area contributed by atoms with Crippen molar-refractivity contribution in [1.82, 2.24) is 5.32 Å². The molecule has 30 heavy (non-hydrogen) atoms. The molecular weight excluding hydrogens is 384 g/mol. The minimum atomic E-state index is -1.28. The number of esters is 1. The summed E-state index contributed by atoms with van der Waals surface area (Å²) < 4.78 is 5.39. The summed E-state index contributed by atoms with van der Waals surface area (Å²) in [7, 11) is 0. The molecule has 160 valence electrons. The summed E-state index contributed by atoms with van der Waals surface area (Å²) in [6.45, 7) is 0.404. The number of aliphatic hydroxyl groups is 1. The Hall–Kier alpha value is -3.39. The predicted octanol–water partition coefficient (Wildman–Crippen LogP) is 0.872. The zero-order valence-corrected chi connectivity index (χ0v) is 16.7. The highest BCUT2D eigenvalue weighted by Gasteiger charge is 2.26. The molecule has 0 bridgehead atoms. The van der Waals surface area contributed by atoms with Crippen molar-refractivity contribution in [2.24, 2.45) is 16.5 Å². The third kappa shape index (κ3) is 8.32. The maximum Gasteiger partial charge on any atom is 0.329 e. The molecule has 0 aromatic heterocycles. The highest BCUT2D eigenvalue weighted by atomic mass is 16.5. The number of guanidine groups is 1. The molecule has 2 aromatic rings. The normalized spacial score (nSPS) is 12.4. The van der Waals surface area contributed by atoms with Crippen LogP contribution in [-0.2, 0) is 27.4 Å². The summed E-state index contributed by atoms with van der Waals surface area (Å²) in [5.41, 5.74) is 12.2. The maximum atomic E-state index is 12.7. The van der Waals surface area contributed by atoms with Crippen LogP contribution in [0.1, 0.15) is 24.0 Å². The Kier molecular flexibility index (Phi) is 9.33. The molecule has 0 spiro atoms. The fourth-order valence-corrected chi connectivity index (χ4v) is 2.76. The number of hydrogen-bond donors (Lipinski definition) is 4. The van der Waals surface area contributed by atoms with Crippen LogP contribution < -0.4 is 16.8 Å². The Labute approximate surface area is 175 Å². The van der Waals surface area contributed by atoms with E-state index in [0.29, 0.717) is 13.0 Å². The van der Waals surface area contributed by atoms with Crippen LogP contribution in [0, 0.1) is 0 Å². The molecule has 8 nitrogen and oxygen atoms in total. The van der Waals surface area contributed by atoms with Gasteiger partial charge in [-0.05, 0) is 24.0 Å². The number of benzene rings is 2. The third-order valence-corrected chi connectivity index (χ3v) is 4.34. The van der Waals surface area contributed by atoms with Crippen molar-refractivity contribution in [3.05, 3.63) is 71.8 Å². The number of hydrogen-bond acceptors (Lipinski definition) is 5. The number of nitrogens with zero attached hydrogens (tertiary/aromatic N) is 1. The molecule has 2 rings (SSSR count). The maximum absolute atomic E-state index is 12.7. The molecular formula is C22H28N4O4. The number of aliphatic imine (C=N–C) groups is 1. The number of rotatable bonds is 11. The van der Waals surface area contributed by atoms with E-state index in [-0.39, 0.29) is 25.4 Å². The first-order valence-electron chi connectivity index (χ1n) is 9.74. The van der Waals surface area contributed by atoms with Crippen molar-refractivity contribution < 1.29 is 19.4 Å². The summed E-state index contributed by atoms with van der Waals surface area (Å²) in [5.74, 6) is -1.25. The van der Waals surface area contributed by atoms with E-state index in [1.54, 1.807) is 0 Å². The summed E-state index contributed by atoms with van der Waals surface area (Å²) in [6.07, 6.45) is -0.436. The van der Waals surface area contributed by atoms with E-state index in [2.05, 4.69) is 10.3 Å². The molecule has 6 N–H and O–H groups in total. The number of carbonyl (C=O) groups excluding carboxylic acids is 2. The Morgan fingerprint density at radius 1 is 1.00 bits per heavy atom. The average Bonchev–Trinajstić information content (AvgIpc) is 2.75. The average molecular weight is 412 g/mol. The molecule has 0 aliphatic heterocycles. The lowest BCUT2D eigenvalue weighted by Crippen LogP contribution is -2.47. The summed E-state index contributed by atoms with van der Waals surface area (Å²) in [4.78, 5) is 28.9. The first kappa shape index (κ1) is 22.9. The number of nitrogens with one attached hydrogen (secondary N) is 1. The second-order valence-corrected chi connectivity index (χ2v) is 6.81. The van der Waals surface area contributed by atoms with Crippen LogP contribution >= 0.6 is 0 Å². The fourth-order valence-electron chi connectivity index (χ4n) is 2.76. The summed E-state index contributed by atoms with van der Waals surface area (Å²) >= 11 is 0. The minimum absolute atomic E-state index is 0.0435. The topological polar surface area (TPSA) is 140 Å². The van der Waals surface area contributed by atoms with Crippen molar-refractivity contribution in [3.8, 4) is 0 Å². The number of ether oxygens (including phenoxy) is 1. The van der Waals surface area contributed by atoms with E-state index in [1.165, 1.54) is 0 Å². The lowest BCUT2D eigenvalue weighted by molar-refractivity contribution is -0.150. The Morgan fingerprint density at radius 3 is 2.20 bits per heavy atom. The highest BCUT2D eigenvalue weighted by Crippen LogP contribution is 2.08. The SMILES string of the molecule is NC(N)=NCCC[C@H](O)C(=O)N[C@@H](Cc1ccccc1)C(=O)OCc1ccccc1. The number of aliphatic hydroxyl groups excluding tert-OH is 1. The van der Waals surface area contributed by atoms with E-state index >= 15 is 0 Å². The van der Waals surface area contributed by atoms with Gasteiger partial charge in [0.05, 0.1) is 0 Å². The van der Waals surface area contributed by atoms with Crippen molar-refractivity contribution >= 4 is 17.8 Å². The van der Waals surface area contributed by atoms with Crippen LogP contribution in [0.25, 0.3) is 0 Å². The van der Waals surface area contributed by atoms with Gasteiger partial charge in [-0.3, -0.25) is 9.79 Å². The summed E-state index contributed by atoms with van der Waals surface area (Å²) in [6, 6.07) is 17.6. The van der Waals surface area contributed by atoms with Crippen molar-refractivity contribution in [3.63, 3.8) is 0 Å². The first-order chi connectivity index (χ1) is 14.5. The van der Waals surface area contributed by atoms with Gasteiger partial charge in [-0.1, -0.05) is 60.7 Å². The van der Waals surface area contributed by atoms with Crippen LogP contribution in [-0.4, -0.2) is 41.6 Å². The number of amides is 1. The van der Waals surface area contributed by atoms with Gasteiger partial charge in [-0.25, -0.2) is 4.79 Å². The van der Waals surface area contributed by atoms with Crippen LogP contribution in [0.4, 0.5) is 0 Å². The Bertz CT molecular complexity index is 824. The van der Waals surface area contributed by atoms with Crippen LogP contribution in [0.15, 0.2) is 65.7 Å². The van der Waals surface area contributed by atoms with E-state index < -0.39 is 24.0 Å². The second-order valence-electron chi connectivity index (χ2n) is 6.81. The van der Waals surface area contributed by atoms with Gasteiger partial charge in [-0.2, -0.15) is 0 Å². The monoisotopic (exact) mass is 412 g/mol. The zero-order valence-electron chi connectivity index (χ0n) is 16.7. The van der Waals surface area contributed by atoms with Gasteiger partial charge >= 0.3 is 5.97 Å². The van der Waals surface area contributed by atoms with Gasteiger partial charge in [0, 0.05) is 13.0 Å². The quantitative estimate of drug-likeness (QED) is 0.187. The van der Waals surface area contributed by atoms with Gasteiger partial charge in [0.15, 0.2) is 5.96 Å². The molecule has 2 atom stereocenters. The molecule has 0 aliphatic rings.